The van der Waals surface area contributed by atoms with Crippen LogP contribution in [0.4, 0.5) is 5.69 Å². The van der Waals surface area contributed by atoms with Crippen molar-refractivity contribution in [3.63, 3.8) is 0 Å². The molecule has 2 heterocycles. The van der Waals surface area contributed by atoms with Crippen LogP contribution in [0, 0.1) is 13.8 Å². The molecular formula is C30H29N5OS. The van der Waals surface area contributed by atoms with Crippen LogP contribution in [0.5, 0.6) is 0 Å². The van der Waals surface area contributed by atoms with Crippen LogP contribution < -0.4 is 5.32 Å². The standard InChI is InChI=1S/C30H29N5OS/c1-19-20(2)31-29-33-26(21-11-7-6-8-12-21)34-35(29)28(19)37-25-14-10-9-13-24(25)32-27(36)22-15-17-23(18-16-22)30(3,4)5/h6-18H,1-5H3,(H,32,36). The number of amides is 1. The Balaban J connectivity index is 1.47. The first-order valence-electron chi connectivity index (χ1n) is 12.2. The Labute approximate surface area is 221 Å². The highest BCUT2D eigenvalue weighted by Crippen LogP contribution is 2.36. The minimum Gasteiger partial charge on any atom is -0.321 e. The quantitative estimate of drug-likeness (QED) is 0.257. The first-order valence-corrected chi connectivity index (χ1v) is 13.0. The summed E-state index contributed by atoms with van der Waals surface area (Å²) in [5.41, 5.74) is 5.42. The van der Waals surface area contributed by atoms with Crippen molar-refractivity contribution in [2.24, 2.45) is 0 Å². The molecule has 0 saturated heterocycles. The van der Waals surface area contributed by atoms with Crippen molar-refractivity contribution in [3.8, 4) is 11.4 Å². The van der Waals surface area contributed by atoms with Gasteiger partial charge in [-0.05, 0) is 49.1 Å². The summed E-state index contributed by atoms with van der Waals surface area (Å²) in [7, 11) is 0. The summed E-state index contributed by atoms with van der Waals surface area (Å²) in [6.07, 6.45) is 0. The van der Waals surface area contributed by atoms with Gasteiger partial charge in [0.2, 0.25) is 0 Å². The number of hydrogen-bond donors (Lipinski definition) is 1. The zero-order chi connectivity index (χ0) is 26.2. The summed E-state index contributed by atoms with van der Waals surface area (Å²) in [6, 6.07) is 25.5. The van der Waals surface area contributed by atoms with Crippen LogP contribution in [0.15, 0.2) is 88.8 Å². The fourth-order valence-electron chi connectivity index (χ4n) is 3.97. The molecule has 5 rings (SSSR count). The molecule has 3 aromatic carbocycles. The van der Waals surface area contributed by atoms with E-state index in [1.54, 1.807) is 16.3 Å². The second kappa shape index (κ2) is 9.82. The van der Waals surface area contributed by atoms with Crippen molar-refractivity contribution in [1.82, 2.24) is 19.6 Å². The molecule has 37 heavy (non-hydrogen) atoms. The van der Waals surface area contributed by atoms with Crippen LogP contribution in [0.3, 0.4) is 0 Å². The third-order valence-corrected chi connectivity index (χ3v) is 7.55. The van der Waals surface area contributed by atoms with E-state index in [4.69, 9.17) is 5.10 Å². The number of aryl methyl sites for hydroxylation is 1. The zero-order valence-corrected chi connectivity index (χ0v) is 22.4. The van der Waals surface area contributed by atoms with Gasteiger partial charge in [-0.3, -0.25) is 4.79 Å². The number of anilines is 1. The first kappa shape index (κ1) is 24.7. The number of nitrogens with one attached hydrogen (secondary N) is 1. The molecule has 2 aromatic heterocycles. The number of hydrogen-bond acceptors (Lipinski definition) is 5. The first-order chi connectivity index (χ1) is 17.7. The molecule has 1 amide bonds. The number of fused-ring (bicyclic) bond motifs is 1. The predicted octanol–water partition coefficient (Wildman–Crippen LogP) is 7.11. The molecule has 0 bridgehead atoms. The molecule has 0 saturated carbocycles. The van der Waals surface area contributed by atoms with E-state index in [-0.39, 0.29) is 11.3 Å². The molecule has 0 aliphatic heterocycles. The van der Waals surface area contributed by atoms with E-state index < -0.39 is 0 Å². The molecule has 1 N–H and O–H groups in total. The van der Waals surface area contributed by atoms with Gasteiger partial charge in [0.25, 0.3) is 11.7 Å². The third kappa shape index (κ3) is 5.13. The number of aromatic nitrogens is 4. The van der Waals surface area contributed by atoms with Gasteiger partial charge >= 0.3 is 0 Å². The summed E-state index contributed by atoms with van der Waals surface area (Å²) < 4.78 is 1.79. The van der Waals surface area contributed by atoms with Crippen molar-refractivity contribution in [3.05, 3.63) is 101 Å². The normalized spacial score (nSPS) is 11.6. The average molecular weight is 508 g/mol. The van der Waals surface area contributed by atoms with Gasteiger partial charge in [0.05, 0.1) is 5.69 Å². The molecule has 0 radical (unpaired) electrons. The molecule has 0 spiro atoms. The van der Waals surface area contributed by atoms with Gasteiger partial charge in [-0.15, -0.1) is 5.10 Å². The lowest BCUT2D eigenvalue weighted by atomic mass is 9.87. The molecule has 6 nitrogen and oxygen atoms in total. The molecule has 5 aromatic rings. The lowest BCUT2D eigenvalue weighted by Gasteiger charge is -2.19. The van der Waals surface area contributed by atoms with Gasteiger partial charge < -0.3 is 5.32 Å². The van der Waals surface area contributed by atoms with Crippen LogP contribution >= 0.6 is 11.8 Å². The van der Waals surface area contributed by atoms with E-state index in [2.05, 4.69) is 36.1 Å². The molecule has 0 aliphatic carbocycles. The molecular weight excluding hydrogens is 478 g/mol. The van der Waals surface area contributed by atoms with Crippen LogP contribution in [-0.4, -0.2) is 25.5 Å². The summed E-state index contributed by atoms with van der Waals surface area (Å²) in [5.74, 6) is 1.03. The summed E-state index contributed by atoms with van der Waals surface area (Å²) in [6.45, 7) is 10.5. The van der Waals surface area contributed by atoms with E-state index in [1.165, 1.54) is 5.56 Å². The maximum absolute atomic E-state index is 13.1. The molecule has 0 atom stereocenters. The Hall–Kier alpha value is -3.97. The van der Waals surface area contributed by atoms with Crippen molar-refractivity contribution in [1.29, 1.82) is 0 Å². The predicted molar refractivity (Wildman–Crippen MR) is 149 cm³/mol. The van der Waals surface area contributed by atoms with Crippen molar-refractivity contribution in [2.75, 3.05) is 5.32 Å². The maximum Gasteiger partial charge on any atom is 0.255 e. The highest BCUT2D eigenvalue weighted by atomic mass is 32.2. The van der Waals surface area contributed by atoms with Gasteiger partial charge in [0.15, 0.2) is 5.82 Å². The second-order valence-corrected chi connectivity index (χ2v) is 11.1. The Morgan fingerprint density at radius 1 is 0.865 bits per heavy atom. The lowest BCUT2D eigenvalue weighted by Crippen LogP contribution is -2.14. The summed E-state index contributed by atoms with van der Waals surface area (Å²) in [5, 5.41) is 8.79. The highest BCUT2D eigenvalue weighted by Gasteiger charge is 2.19. The van der Waals surface area contributed by atoms with E-state index in [1.807, 2.05) is 92.7 Å². The molecule has 0 fully saturated rings. The Bertz CT molecular complexity index is 1580. The average Bonchev–Trinajstić information content (AvgIpc) is 3.31. The number of carbonyl (C=O) groups excluding carboxylic acids is 1. The number of para-hydroxylation sites is 1. The topological polar surface area (TPSA) is 72.2 Å². The minimum absolute atomic E-state index is 0.0336. The molecule has 186 valence electrons. The number of rotatable bonds is 5. The van der Waals surface area contributed by atoms with E-state index in [0.717, 1.165) is 32.4 Å². The molecule has 0 aliphatic rings. The zero-order valence-electron chi connectivity index (χ0n) is 21.6. The smallest absolute Gasteiger partial charge is 0.255 e. The number of benzene rings is 3. The Morgan fingerprint density at radius 3 is 2.24 bits per heavy atom. The summed E-state index contributed by atoms with van der Waals surface area (Å²) >= 11 is 1.54. The largest absolute Gasteiger partial charge is 0.321 e. The summed E-state index contributed by atoms with van der Waals surface area (Å²) in [4.78, 5) is 23.4. The van der Waals surface area contributed by atoms with Crippen LogP contribution in [0.2, 0.25) is 0 Å². The second-order valence-electron chi connectivity index (χ2n) is 10.0. The SMILES string of the molecule is Cc1nc2nc(-c3ccccc3)nn2c(Sc2ccccc2NC(=O)c2ccc(C(C)(C)C)cc2)c1C. The lowest BCUT2D eigenvalue weighted by molar-refractivity contribution is 0.102. The molecule has 7 heteroatoms. The van der Waals surface area contributed by atoms with E-state index in [0.29, 0.717) is 17.2 Å². The van der Waals surface area contributed by atoms with Gasteiger partial charge in [0.1, 0.15) is 5.03 Å². The number of carbonyl (C=O) groups is 1. The van der Waals surface area contributed by atoms with Crippen molar-refractivity contribution >= 4 is 29.1 Å². The van der Waals surface area contributed by atoms with E-state index >= 15 is 0 Å². The monoisotopic (exact) mass is 507 g/mol. The highest BCUT2D eigenvalue weighted by molar-refractivity contribution is 7.99. The van der Waals surface area contributed by atoms with E-state index in [9.17, 15) is 4.79 Å². The van der Waals surface area contributed by atoms with Gasteiger partial charge in [0, 0.05) is 27.3 Å². The fourth-order valence-corrected chi connectivity index (χ4v) is 5.06. The van der Waals surface area contributed by atoms with Crippen LogP contribution in [0.25, 0.3) is 17.2 Å². The number of nitrogens with zero attached hydrogens (tertiary/aromatic N) is 4. The molecule has 0 unspecified atom stereocenters. The Kier molecular flexibility index (Phi) is 6.56. The van der Waals surface area contributed by atoms with Crippen molar-refractivity contribution < 1.29 is 4.79 Å². The van der Waals surface area contributed by atoms with Crippen LogP contribution in [0.1, 0.15) is 48.0 Å². The minimum atomic E-state index is -0.145. The Morgan fingerprint density at radius 2 is 1.54 bits per heavy atom. The van der Waals surface area contributed by atoms with Crippen LogP contribution in [-0.2, 0) is 5.41 Å². The fraction of sp³-hybridized carbons (Fsp3) is 0.200. The van der Waals surface area contributed by atoms with Gasteiger partial charge in [-0.2, -0.15) is 9.50 Å². The van der Waals surface area contributed by atoms with Gasteiger partial charge in [-0.25, -0.2) is 4.98 Å². The maximum atomic E-state index is 13.1. The van der Waals surface area contributed by atoms with Gasteiger partial charge in [-0.1, -0.05) is 87.1 Å². The van der Waals surface area contributed by atoms with Crippen molar-refractivity contribution in [2.45, 2.75) is 50.0 Å². The third-order valence-electron chi connectivity index (χ3n) is 6.30.